The third kappa shape index (κ3) is 8.98. The third-order valence-electron chi connectivity index (χ3n) is 11.2. The van der Waals surface area contributed by atoms with E-state index in [1.165, 1.54) is 11.5 Å². The summed E-state index contributed by atoms with van der Waals surface area (Å²) in [5.41, 5.74) is 5.67. The van der Waals surface area contributed by atoms with Crippen molar-refractivity contribution in [3.63, 3.8) is 0 Å². The largest absolute Gasteiger partial charge is 0.496 e. The molecular formula is C45H47ClN6O6S. The highest BCUT2D eigenvalue weighted by Gasteiger charge is 2.31. The number of aromatic nitrogens is 4. The number of ether oxygens (including phenoxy) is 4. The summed E-state index contributed by atoms with van der Waals surface area (Å²) in [6.07, 6.45) is 5.43. The Kier molecular flexibility index (Phi) is 12.5. The number of benzene rings is 3. The molecule has 3 aromatic carbocycles. The molecule has 59 heavy (non-hydrogen) atoms. The van der Waals surface area contributed by atoms with E-state index in [-0.39, 0.29) is 24.8 Å². The molecule has 8 rings (SSSR count). The molecular weight excluding hydrogens is 788 g/mol. The van der Waals surface area contributed by atoms with Gasteiger partial charge in [-0.15, -0.1) is 0 Å². The van der Waals surface area contributed by atoms with E-state index in [1.807, 2.05) is 73.8 Å². The lowest BCUT2D eigenvalue weighted by Gasteiger charge is -2.32. The van der Waals surface area contributed by atoms with Crippen molar-refractivity contribution in [1.29, 1.82) is 0 Å². The lowest BCUT2D eigenvalue weighted by atomic mass is 9.79. The fraction of sp³-hybridized carbons (Fsp3) is 0.356. The zero-order valence-electron chi connectivity index (χ0n) is 33.4. The molecule has 306 valence electrons. The van der Waals surface area contributed by atoms with Crippen LogP contribution >= 0.6 is 23.1 Å². The maximum atomic E-state index is 12.9. The van der Waals surface area contributed by atoms with Gasteiger partial charge in [0.1, 0.15) is 30.5 Å². The quantitative estimate of drug-likeness (QED) is 0.101. The second-order valence-corrected chi connectivity index (χ2v) is 16.2. The van der Waals surface area contributed by atoms with Crippen LogP contribution in [0.1, 0.15) is 47.7 Å². The molecule has 3 aromatic heterocycles. The first-order valence-corrected chi connectivity index (χ1v) is 21.1. The van der Waals surface area contributed by atoms with E-state index >= 15 is 0 Å². The van der Waals surface area contributed by atoms with E-state index in [0.29, 0.717) is 46.0 Å². The van der Waals surface area contributed by atoms with Gasteiger partial charge in [-0.1, -0.05) is 54.4 Å². The van der Waals surface area contributed by atoms with Crippen molar-refractivity contribution in [2.24, 2.45) is 0 Å². The van der Waals surface area contributed by atoms with Gasteiger partial charge in [-0.3, -0.25) is 9.88 Å². The van der Waals surface area contributed by atoms with E-state index in [9.17, 15) is 9.90 Å². The molecule has 0 amide bonds. The van der Waals surface area contributed by atoms with Crippen LogP contribution in [0, 0.1) is 6.92 Å². The maximum absolute atomic E-state index is 12.9. The number of rotatable bonds is 16. The average molecular weight is 835 g/mol. The number of nitrogens with zero attached hydrogens (tertiary/aromatic N) is 6. The number of piperazine rings is 1. The number of likely N-dealkylation sites (N-methyl/N-ethyl adjacent to an activating group) is 1. The summed E-state index contributed by atoms with van der Waals surface area (Å²) >= 11 is 8.30. The van der Waals surface area contributed by atoms with Crippen molar-refractivity contribution < 1.29 is 28.8 Å². The third-order valence-corrected chi connectivity index (χ3v) is 12.5. The summed E-state index contributed by atoms with van der Waals surface area (Å²) in [5.74, 6) is 1.74. The van der Waals surface area contributed by atoms with Gasteiger partial charge >= 0.3 is 5.97 Å². The van der Waals surface area contributed by atoms with Gasteiger partial charge in [0.2, 0.25) is 12.0 Å². The van der Waals surface area contributed by atoms with Crippen molar-refractivity contribution in [2.45, 2.75) is 51.2 Å². The molecule has 2 fully saturated rings. The molecule has 1 atom stereocenters. The van der Waals surface area contributed by atoms with Crippen molar-refractivity contribution in [1.82, 2.24) is 29.1 Å². The van der Waals surface area contributed by atoms with E-state index in [2.05, 4.69) is 26.2 Å². The minimum atomic E-state index is -1.27. The van der Waals surface area contributed by atoms with Crippen LogP contribution in [0.25, 0.3) is 32.6 Å². The summed E-state index contributed by atoms with van der Waals surface area (Å²) in [5, 5.41) is 11.9. The number of methoxy groups -OCH3 is 1. The normalized spacial score (nSPS) is 15.5. The molecule has 1 saturated carbocycles. The lowest BCUT2D eigenvalue weighted by molar-refractivity contribution is -0.145. The van der Waals surface area contributed by atoms with E-state index in [4.69, 9.17) is 40.5 Å². The minimum Gasteiger partial charge on any atom is -0.496 e. The predicted octanol–water partition coefficient (Wildman–Crippen LogP) is 8.33. The fourth-order valence-electron chi connectivity index (χ4n) is 7.58. The van der Waals surface area contributed by atoms with Crippen molar-refractivity contribution in [3.8, 4) is 45.6 Å². The van der Waals surface area contributed by atoms with Gasteiger partial charge in [-0.05, 0) is 85.4 Å². The molecule has 1 aliphatic heterocycles. The topological polar surface area (TPSA) is 132 Å². The molecule has 1 saturated heterocycles. The predicted molar refractivity (Wildman–Crippen MR) is 229 cm³/mol. The molecule has 14 heteroatoms. The number of carbonyl (C=O) groups is 1. The number of fused-ring (bicyclic) bond motifs is 1. The van der Waals surface area contributed by atoms with Crippen molar-refractivity contribution in [2.75, 3.05) is 53.5 Å². The summed E-state index contributed by atoms with van der Waals surface area (Å²) in [7, 11) is 3.76. The van der Waals surface area contributed by atoms with E-state index in [1.54, 1.807) is 19.4 Å². The number of halogens is 1. The molecule has 1 aliphatic carbocycles. The van der Waals surface area contributed by atoms with Gasteiger partial charge in [0.15, 0.2) is 5.82 Å². The molecule has 12 nitrogen and oxygen atoms in total. The Morgan fingerprint density at radius 2 is 1.73 bits per heavy atom. The SMILES string of the molecule is COc1ccccc1-c1nccc(COc2ccccc2C[C@@H](Oc2nsc3cnc(C4CCC4)c(-c4ccc(OCCN5CCN(C)CC5)c(Cl)c4C)c23)C(=O)O)n1. The molecule has 4 heterocycles. The standard InChI is InChI=1S/C45H47ClN6O6S/c1-28-32(15-16-36(41(28)46)56-24-23-52-21-19-51(2)20-22-52)39-40-38(26-48-42(39)29-10-8-11-29)59-50-44(40)58-37(45(53)54)25-30-9-4-6-13-34(30)57-27-31-17-18-47-43(49-31)33-12-5-7-14-35(33)55-3/h4-7,9,12-18,26,29,37H,8,10-11,19-25,27H2,1-3H3,(H,53,54)/t37-/m1/s1. The summed E-state index contributed by atoms with van der Waals surface area (Å²) in [6.45, 7) is 7.64. The second-order valence-electron chi connectivity index (χ2n) is 15.0. The Labute approximate surface area is 352 Å². The van der Waals surface area contributed by atoms with Crippen LogP contribution in [0.15, 0.2) is 79.1 Å². The first-order chi connectivity index (χ1) is 28.8. The molecule has 2 aliphatic rings. The smallest absolute Gasteiger partial charge is 0.345 e. The number of hydrogen-bond acceptors (Lipinski definition) is 12. The van der Waals surface area contributed by atoms with E-state index < -0.39 is 12.1 Å². The van der Waals surface area contributed by atoms with Gasteiger partial charge in [0, 0.05) is 63.0 Å². The van der Waals surface area contributed by atoms with Gasteiger partial charge in [-0.2, -0.15) is 4.37 Å². The second kappa shape index (κ2) is 18.3. The molecule has 6 aromatic rings. The monoisotopic (exact) mass is 834 g/mol. The Balaban J connectivity index is 1.04. The number of aliphatic carboxylic acids is 1. The Hall–Kier alpha value is -5.34. The Morgan fingerprint density at radius 3 is 2.49 bits per heavy atom. The van der Waals surface area contributed by atoms with Crippen LogP contribution in [0.5, 0.6) is 23.1 Å². The first kappa shape index (κ1) is 40.4. The van der Waals surface area contributed by atoms with Gasteiger partial charge in [0.25, 0.3) is 0 Å². The van der Waals surface area contributed by atoms with Gasteiger partial charge < -0.3 is 29.0 Å². The van der Waals surface area contributed by atoms with Crippen LogP contribution in [0.2, 0.25) is 5.02 Å². The highest BCUT2D eigenvalue weighted by Crippen LogP contribution is 2.48. The zero-order valence-corrected chi connectivity index (χ0v) is 35.0. The van der Waals surface area contributed by atoms with Crippen LogP contribution in [-0.2, 0) is 17.8 Å². The zero-order chi connectivity index (χ0) is 40.9. The summed E-state index contributed by atoms with van der Waals surface area (Å²) in [4.78, 5) is 31.8. The van der Waals surface area contributed by atoms with Crippen LogP contribution in [-0.4, -0.2) is 99.8 Å². The molecule has 0 spiro atoms. The molecule has 1 N–H and O–H groups in total. The number of pyridine rings is 1. The van der Waals surface area contributed by atoms with Gasteiger partial charge in [0.05, 0.1) is 39.2 Å². The van der Waals surface area contributed by atoms with Crippen LogP contribution in [0.3, 0.4) is 0 Å². The number of para-hydroxylation sites is 2. The van der Waals surface area contributed by atoms with Crippen LogP contribution < -0.4 is 18.9 Å². The minimum absolute atomic E-state index is 0.0294. The van der Waals surface area contributed by atoms with Gasteiger partial charge in [-0.25, -0.2) is 14.8 Å². The number of carboxylic acids is 1. The molecule has 0 radical (unpaired) electrons. The first-order valence-electron chi connectivity index (χ1n) is 19.9. The fourth-order valence-corrected chi connectivity index (χ4v) is 8.50. The number of hydrogen-bond donors (Lipinski definition) is 1. The molecule has 0 unspecified atom stereocenters. The average Bonchev–Trinajstić information content (AvgIpc) is 3.64. The van der Waals surface area contributed by atoms with E-state index in [0.717, 1.165) is 90.0 Å². The highest BCUT2D eigenvalue weighted by molar-refractivity contribution is 7.13. The summed E-state index contributed by atoms with van der Waals surface area (Å²) < 4.78 is 29.9. The highest BCUT2D eigenvalue weighted by atomic mass is 35.5. The van der Waals surface area contributed by atoms with Crippen LogP contribution in [0.4, 0.5) is 0 Å². The Bertz CT molecular complexity index is 2430. The van der Waals surface area contributed by atoms with Crippen molar-refractivity contribution in [3.05, 3.63) is 107 Å². The Morgan fingerprint density at radius 1 is 0.949 bits per heavy atom. The number of carboxylic acid groups (broad SMARTS) is 1. The molecule has 0 bridgehead atoms. The maximum Gasteiger partial charge on any atom is 0.345 e. The van der Waals surface area contributed by atoms with Crippen molar-refractivity contribution >= 4 is 39.2 Å². The lowest BCUT2D eigenvalue weighted by Crippen LogP contribution is -2.45. The summed E-state index contributed by atoms with van der Waals surface area (Å²) in [6, 6.07) is 20.7.